The number of aromatic hydroxyl groups is 1. The Labute approximate surface area is 155 Å². The summed E-state index contributed by atoms with van der Waals surface area (Å²) in [6, 6.07) is 7.22. The third-order valence-corrected chi connectivity index (χ3v) is 5.61. The molecule has 1 heterocycles. The first kappa shape index (κ1) is 19.3. The number of rotatable bonds is 4. The highest BCUT2D eigenvalue weighted by atomic mass is 79.9. The third kappa shape index (κ3) is 3.94. The number of quaternary nitrogens is 1. The molecule has 2 atom stereocenters. The fraction of sp³-hybridized carbons (Fsp3) is 0.632. The van der Waals surface area contributed by atoms with Crippen molar-refractivity contribution in [2.75, 3.05) is 20.6 Å². The summed E-state index contributed by atoms with van der Waals surface area (Å²) < 4.78 is 6.67. The van der Waals surface area contributed by atoms with E-state index >= 15 is 0 Å². The lowest BCUT2D eigenvalue weighted by atomic mass is 9.84. The van der Waals surface area contributed by atoms with Crippen LogP contribution in [-0.2, 0) is 9.53 Å². The van der Waals surface area contributed by atoms with Gasteiger partial charge in [-0.3, -0.25) is 9.28 Å². The number of para-hydroxylation sites is 1. The number of halogens is 1. The summed E-state index contributed by atoms with van der Waals surface area (Å²) >= 11 is 0. The topological polar surface area (TPSA) is 46.5 Å². The standard InChI is InChI=1S/C19H27NO3.BrH/c1-20(2)13-7-12-17(20)23-19(22)18(14-8-3-4-9-14)15-10-5-6-11-16(15)21;/h5-6,10-11,14,17-18H,3-4,7-9,12-13H2,1-2H3;1H. The maximum atomic E-state index is 13.0. The predicted molar refractivity (Wildman–Crippen MR) is 88.9 cm³/mol. The van der Waals surface area contributed by atoms with Crippen molar-refractivity contribution in [1.82, 2.24) is 0 Å². The highest BCUT2D eigenvalue weighted by Crippen LogP contribution is 2.41. The van der Waals surface area contributed by atoms with Crippen LogP contribution in [0, 0.1) is 5.92 Å². The second-order valence-electron chi connectivity index (χ2n) is 7.62. The molecule has 5 heteroatoms. The van der Waals surface area contributed by atoms with Crippen molar-refractivity contribution in [3.05, 3.63) is 29.8 Å². The zero-order valence-electron chi connectivity index (χ0n) is 14.6. The van der Waals surface area contributed by atoms with E-state index in [2.05, 4.69) is 14.1 Å². The molecule has 24 heavy (non-hydrogen) atoms. The van der Waals surface area contributed by atoms with Crippen molar-refractivity contribution in [2.45, 2.75) is 50.7 Å². The van der Waals surface area contributed by atoms with Crippen LogP contribution in [0.15, 0.2) is 24.3 Å². The summed E-state index contributed by atoms with van der Waals surface area (Å²) in [5.41, 5.74) is 0.729. The van der Waals surface area contributed by atoms with Crippen LogP contribution in [0.2, 0.25) is 0 Å². The fourth-order valence-electron chi connectivity index (χ4n) is 4.19. The molecule has 0 bridgehead atoms. The van der Waals surface area contributed by atoms with Crippen molar-refractivity contribution >= 4 is 5.97 Å². The molecule has 2 fully saturated rings. The van der Waals surface area contributed by atoms with Gasteiger partial charge in [0.1, 0.15) is 5.75 Å². The van der Waals surface area contributed by atoms with Crippen LogP contribution < -0.4 is 17.0 Å². The number of likely N-dealkylation sites (tertiary alicyclic amines) is 1. The Hall–Kier alpha value is -1.07. The lowest BCUT2D eigenvalue weighted by molar-refractivity contribution is -0.921. The van der Waals surface area contributed by atoms with Crippen molar-refractivity contribution in [2.24, 2.45) is 5.92 Å². The predicted octanol–water partition coefficient (Wildman–Crippen LogP) is 0.410. The Morgan fingerprint density at radius 1 is 1.17 bits per heavy atom. The molecule has 0 radical (unpaired) electrons. The van der Waals surface area contributed by atoms with Crippen LogP contribution in [0.5, 0.6) is 5.75 Å². The van der Waals surface area contributed by atoms with E-state index < -0.39 is 0 Å². The quantitative estimate of drug-likeness (QED) is 0.591. The number of nitrogens with zero attached hydrogens (tertiary/aromatic N) is 1. The molecule has 1 N–H and O–H groups in total. The second-order valence-corrected chi connectivity index (χ2v) is 7.62. The first-order valence-corrected chi connectivity index (χ1v) is 8.80. The molecule has 0 amide bonds. The van der Waals surface area contributed by atoms with E-state index in [1.165, 1.54) is 0 Å². The summed E-state index contributed by atoms with van der Waals surface area (Å²) in [5.74, 6) is 0.00476. The molecule has 134 valence electrons. The Balaban J connectivity index is 0.00000208. The number of ether oxygens (including phenoxy) is 1. The van der Waals surface area contributed by atoms with Crippen LogP contribution in [0.1, 0.15) is 50.0 Å². The molecule has 1 aliphatic heterocycles. The van der Waals surface area contributed by atoms with Crippen molar-refractivity contribution in [1.29, 1.82) is 0 Å². The third-order valence-electron chi connectivity index (χ3n) is 5.61. The van der Waals surface area contributed by atoms with Gasteiger partial charge < -0.3 is 26.8 Å². The first-order valence-electron chi connectivity index (χ1n) is 8.80. The monoisotopic (exact) mass is 397 g/mol. The number of carbonyl (C=O) groups excluding carboxylic acids is 1. The normalized spacial score (nSPS) is 24.3. The fourth-order valence-corrected chi connectivity index (χ4v) is 4.19. The highest BCUT2D eigenvalue weighted by Gasteiger charge is 2.41. The second kappa shape index (κ2) is 7.87. The molecule has 2 unspecified atom stereocenters. The molecule has 1 aromatic carbocycles. The minimum atomic E-state index is -0.334. The maximum absolute atomic E-state index is 13.0. The van der Waals surface area contributed by atoms with Crippen LogP contribution in [0.3, 0.4) is 0 Å². The van der Waals surface area contributed by atoms with Gasteiger partial charge >= 0.3 is 5.97 Å². The summed E-state index contributed by atoms with van der Waals surface area (Å²) in [6.45, 7) is 1.04. The molecule has 1 saturated carbocycles. The number of esters is 1. The van der Waals surface area contributed by atoms with E-state index in [1.54, 1.807) is 12.1 Å². The largest absolute Gasteiger partial charge is 1.00 e. The van der Waals surface area contributed by atoms with Gasteiger partial charge in [0.2, 0.25) is 6.23 Å². The van der Waals surface area contributed by atoms with E-state index in [1.807, 2.05) is 12.1 Å². The zero-order valence-corrected chi connectivity index (χ0v) is 16.2. The first-order chi connectivity index (χ1) is 11.0. The molecular weight excluding hydrogens is 370 g/mol. The average Bonchev–Trinajstić information content (AvgIpc) is 3.12. The summed E-state index contributed by atoms with van der Waals surface area (Å²) in [6.07, 6.45) is 6.36. The average molecular weight is 398 g/mol. The number of carbonyl (C=O) groups is 1. The zero-order chi connectivity index (χ0) is 16.4. The van der Waals surface area contributed by atoms with Crippen LogP contribution in [0.25, 0.3) is 0 Å². The molecule has 2 aliphatic rings. The maximum Gasteiger partial charge on any atom is 0.318 e. The number of hydrogen-bond donors (Lipinski definition) is 1. The smallest absolute Gasteiger partial charge is 0.318 e. The summed E-state index contributed by atoms with van der Waals surface area (Å²) in [4.78, 5) is 13.0. The Morgan fingerprint density at radius 3 is 2.42 bits per heavy atom. The SMILES string of the molecule is C[N+]1(C)CCCC1OC(=O)C(c1ccccc1O)C1CCCC1.[Br-]. The van der Waals surface area contributed by atoms with Gasteiger partial charge in [-0.2, -0.15) is 0 Å². The van der Waals surface area contributed by atoms with Crippen LogP contribution >= 0.6 is 0 Å². The van der Waals surface area contributed by atoms with Crippen LogP contribution in [0.4, 0.5) is 0 Å². The van der Waals surface area contributed by atoms with E-state index in [9.17, 15) is 9.90 Å². The van der Waals surface area contributed by atoms with E-state index in [4.69, 9.17) is 4.74 Å². The molecule has 3 rings (SSSR count). The minimum Gasteiger partial charge on any atom is -1.00 e. The van der Waals surface area contributed by atoms with Gasteiger partial charge in [0.15, 0.2) is 0 Å². The number of phenolic OH excluding ortho intramolecular Hbond substituents is 1. The Morgan fingerprint density at radius 2 is 1.83 bits per heavy atom. The molecule has 1 saturated heterocycles. The minimum absolute atomic E-state index is 0. The summed E-state index contributed by atoms with van der Waals surface area (Å²) in [7, 11) is 4.24. The lowest BCUT2D eigenvalue weighted by Gasteiger charge is -2.32. The number of benzene rings is 1. The van der Waals surface area contributed by atoms with E-state index in [0.717, 1.165) is 55.1 Å². The highest BCUT2D eigenvalue weighted by molar-refractivity contribution is 5.79. The number of phenols is 1. The van der Waals surface area contributed by atoms with Gasteiger partial charge in [-0.05, 0) is 24.8 Å². The van der Waals surface area contributed by atoms with Gasteiger partial charge in [0.25, 0.3) is 0 Å². The molecular formula is C19H28BrNO3. The molecule has 0 aromatic heterocycles. The molecule has 1 aromatic rings. The van der Waals surface area contributed by atoms with Gasteiger partial charge in [0, 0.05) is 18.4 Å². The lowest BCUT2D eigenvalue weighted by Crippen LogP contribution is -3.00. The van der Waals surface area contributed by atoms with E-state index in [-0.39, 0.29) is 46.8 Å². The summed E-state index contributed by atoms with van der Waals surface area (Å²) in [5, 5.41) is 10.2. The molecule has 1 aliphatic carbocycles. The van der Waals surface area contributed by atoms with E-state index in [0.29, 0.717) is 0 Å². The van der Waals surface area contributed by atoms with Crippen molar-refractivity contribution < 1.29 is 36.1 Å². The number of hydrogen-bond acceptors (Lipinski definition) is 3. The Kier molecular flexibility index (Phi) is 6.32. The Bertz CT molecular complexity index is 569. The molecule has 0 spiro atoms. The van der Waals surface area contributed by atoms with Gasteiger partial charge in [0.05, 0.1) is 26.6 Å². The van der Waals surface area contributed by atoms with Gasteiger partial charge in [-0.15, -0.1) is 0 Å². The van der Waals surface area contributed by atoms with Crippen molar-refractivity contribution in [3.63, 3.8) is 0 Å². The van der Waals surface area contributed by atoms with Crippen LogP contribution in [-0.4, -0.2) is 42.4 Å². The van der Waals surface area contributed by atoms with Gasteiger partial charge in [-0.25, -0.2) is 0 Å². The van der Waals surface area contributed by atoms with Crippen molar-refractivity contribution in [3.8, 4) is 5.75 Å². The van der Waals surface area contributed by atoms with Gasteiger partial charge in [-0.1, -0.05) is 31.0 Å². The molecule has 4 nitrogen and oxygen atoms in total.